The lowest BCUT2D eigenvalue weighted by atomic mass is 10.3. The zero-order valence-electron chi connectivity index (χ0n) is 14.1. The van der Waals surface area contributed by atoms with Crippen molar-refractivity contribution in [3.05, 3.63) is 0 Å². The van der Waals surface area contributed by atoms with Gasteiger partial charge < -0.3 is 5.73 Å². The lowest BCUT2D eigenvalue weighted by Crippen LogP contribution is -1.96. The van der Waals surface area contributed by atoms with E-state index in [4.69, 9.17) is 20.8 Å². The fourth-order valence-corrected chi connectivity index (χ4v) is 0.0673. The van der Waals surface area contributed by atoms with Crippen molar-refractivity contribution in [3.63, 3.8) is 0 Å². The maximum Gasteiger partial charge on any atom is 0.0425 e. The number of hydrogen-bond acceptors (Lipinski definition) is 1. The minimum absolute atomic E-state index is 3.23. The van der Waals surface area contributed by atoms with E-state index in [2.05, 4.69) is 0 Å². The van der Waals surface area contributed by atoms with Crippen LogP contribution in [0.4, 0.5) is 0 Å². The van der Waals surface area contributed by atoms with Crippen molar-refractivity contribution in [1.82, 2.24) is 0 Å². The van der Waals surface area contributed by atoms with E-state index in [1.54, 1.807) is 0 Å². The predicted molar refractivity (Wildman–Crippen MR) is 28.6 cm³/mol. The predicted octanol–water partition coefficient (Wildman–Crippen LogP) is 1.14. The first-order chi connectivity index (χ1) is 7.00. The van der Waals surface area contributed by atoms with E-state index >= 15 is 0 Å². The van der Waals surface area contributed by atoms with E-state index in [0.717, 1.165) is 0 Å². The lowest BCUT2D eigenvalue weighted by Gasteiger charge is -1.86. The maximum atomic E-state index is 7.28. The molecule has 0 aliphatic carbocycles. The van der Waals surface area contributed by atoms with E-state index < -0.39 is 32.5 Å². The van der Waals surface area contributed by atoms with Crippen molar-refractivity contribution in [3.8, 4) is 0 Å². The van der Waals surface area contributed by atoms with Crippen LogP contribution in [-0.2, 0) is 0 Å². The zero-order valence-corrected chi connectivity index (χ0v) is 3.08. The van der Waals surface area contributed by atoms with Gasteiger partial charge in [-0.05, 0) is 12.9 Å². The third-order valence-electron chi connectivity index (χ3n) is 0.197. The number of nitrogens with two attached hydrogens (primary N) is 1. The second kappa shape index (κ2) is 4.96. The average molecular weight is 98.2 g/mol. The van der Waals surface area contributed by atoms with Gasteiger partial charge >= 0.3 is 0 Å². The van der Waals surface area contributed by atoms with Crippen molar-refractivity contribution >= 4 is 0 Å². The zero-order chi connectivity index (χ0) is 14.5. The minimum atomic E-state index is -3.64. The Morgan fingerprint density at radius 3 is 3.17 bits per heavy atom. The van der Waals surface area contributed by atoms with Crippen LogP contribution in [0.2, 0.25) is 0 Å². The van der Waals surface area contributed by atoms with Crippen molar-refractivity contribution in [1.29, 1.82) is 0 Å². The molecule has 0 heterocycles. The molecule has 0 saturated carbocycles. The molecule has 1 heteroatoms. The highest BCUT2D eigenvalue weighted by Gasteiger charge is 1.75. The van der Waals surface area contributed by atoms with Crippen LogP contribution < -0.4 is 5.73 Å². The molecule has 38 valence electrons. The van der Waals surface area contributed by atoms with Crippen molar-refractivity contribution < 1.29 is 15.1 Å². The molecule has 0 unspecified atom stereocenters. The highest BCUT2D eigenvalue weighted by molar-refractivity contribution is 4.34. The molecule has 0 radical (unpaired) electrons. The Bertz CT molecular complexity index is 255. The molecule has 0 aromatic carbocycles. The molecule has 0 rings (SSSR count). The largest absolute Gasteiger partial charge is 0.330 e. The number of hydrogen-bond donors (Lipinski definition) is 1. The highest BCUT2D eigenvalue weighted by atomic mass is 14.5. The lowest BCUT2D eigenvalue weighted by molar-refractivity contribution is 0.727. The van der Waals surface area contributed by atoms with Crippen LogP contribution in [0, 0.1) is 0 Å². The normalized spacial score (nSPS) is 47.8. The van der Waals surface area contributed by atoms with Gasteiger partial charge in [-0.2, -0.15) is 0 Å². The number of rotatable bonds is 3. The average Bonchev–Trinajstić information content (AvgIpc) is 1.98. The SMILES string of the molecule is [2H]C([2H])([2H])C([2H])([2H])C([2H])([2H])C([2H])([2H])C([2H])([2H])N. The molecule has 0 atom stereocenters. The van der Waals surface area contributed by atoms with Gasteiger partial charge in [0.2, 0.25) is 0 Å². The summed E-state index contributed by atoms with van der Waals surface area (Å²) < 4.78 is 77.9. The van der Waals surface area contributed by atoms with E-state index in [1.165, 1.54) is 0 Å². The Morgan fingerprint density at radius 2 is 2.67 bits per heavy atom. The Morgan fingerprint density at radius 1 is 1.83 bits per heavy atom. The van der Waals surface area contributed by atoms with Gasteiger partial charge in [-0.1, -0.05) is 19.6 Å². The highest BCUT2D eigenvalue weighted by Crippen LogP contribution is 1.88. The van der Waals surface area contributed by atoms with Crippen LogP contribution >= 0.6 is 0 Å². The van der Waals surface area contributed by atoms with Gasteiger partial charge in [0.15, 0.2) is 0 Å². The van der Waals surface area contributed by atoms with Gasteiger partial charge in [-0.15, -0.1) is 0 Å². The molecule has 0 fully saturated rings. The summed E-state index contributed by atoms with van der Waals surface area (Å²) in [5, 5.41) is 0. The summed E-state index contributed by atoms with van der Waals surface area (Å²) in [5.74, 6) is 0. The fraction of sp³-hybridized carbons (Fsp3) is 1.00. The van der Waals surface area contributed by atoms with Crippen molar-refractivity contribution in [2.75, 3.05) is 6.50 Å². The van der Waals surface area contributed by atoms with Gasteiger partial charge in [0.1, 0.15) is 0 Å². The van der Waals surface area contributed by atoms with Gasteiger partial charge in [0.25, 0.3) is 0 Å². The Hall–Kier alpha value is -0.0400. The molecule has 0 amide bonds. The summed E-state index contributed by atoms with van der Waals surface area (Å²) in [6.07, 6.45) is -10.7. The second-order valence-electron chi connectivity index (χ2n) is 0.519. The summed E-state index contributed by atoms with van der Waals surface area (Å²) in [7, 11) is 0. The molecular formula is C5H13N. The standard InChI is InChI=1S/C5H13N/c1-2-3-4-5-6/h2-6H2,1H3/i1D3,2D2,3D2,4D2,5D2. The van der Waals surface area contributed by atoms with Crippen molar-refractivity contribution in [2.45, 2.75) is 26.0 Å². The fourth-order valence-electron chi connectivity index (χ4n) is 0.0673. The van der Waals surface area contributed by atoms with Gasteiger partial charge in [0.05, 0.1) is 0 Å². The monoisotopic (exact) mass is 98.2 g/mol. The second-order valence-corrected chi connectivity index (χ2v) is 0.519. The molecule has 0 saturated heterocycles. The molecule has 0 spiro atoms. The van der Waals surface area contributed by atoms with E-state index in [1.807, 2.05) is 0 Å². The van der Waals surface area contributed by atoms with E-state index in [0.29, 0.717) is 0 Å². The molecular weight excluding hydrogens is 74.1 g/mol. The smallest absolute Gasteiger partial charge is 0.0425 e. The third-order valence-corrected chi connectivity index (χ3v) is 0.197. The molecule has 0 aliphatic rings. The Kier molecular flexibility index (Phi) is 0.476. The Balaban J connectivity index is 5.73. The van der Waals surface area contributed by atoms with Crippen LogP contribution in [-0.4, -0.2) is 6.50 Å². The first-order valence-corrected chi connectivity index (χ1v) is 1.29. The van der Waals surface area contributed by atoms with Crippen LogP contribution in [0.5, 0.6) is 0 Å². The first-order valence-electron chi connectivity index (χ1n) is 6.79. The van der Waals surface area contributed by atoms with Crippen LogP contribution in [0.1, 0.15) is 41.0 Å². The minimum Gasteiger partial charge on any atom is -0.330 e. The van der Waals surface area contributed by atoms with Gasteiger partial charge in [-0.25, -0.2) is 0 Å². The van der Waals surface area contributed by atoms with Crippen LogP contribution in [0.3, 0.4) is 0 Å². The Labute approximate surface area is 55.0 Å². The van der Waals surface area contributed by atoms with E-state index in [9.17, 15) is 0 Å². The van der Waals surface area contributed by atoms with Crippen LogP contribution in [0.25, 0.3) is 0 Å². The maximum absolute atomic E-state index is 7.28. The topological polar surface area (TPSA) is 26.0 Å². The molecule has 2 N–H and O–H groups in total. The van der Waals surface area contributed by atoms with Crippen LogP contribution in [0.15, 0.2) is 0 Å². The van der Waals surface area contributed by atoms with Gasteiger partial charge in [-0.3, -0.25) is 0 Å². The molecule has 1 nitrogen and oxygen atoms in total. The molecule has 0 aliphatic heterocycles. The molecule has 0 aromatic heterocycles. The van der Waals surface area contributed by atoms with E-state index in [-0.39, 0.29) is 0 Å². The summed E-state index contributed by atoms with van der Waals surface area (Å²) in [6.45, 7) is -6.68. The van der Waals surface area contributed by atoms with Crippen molar-refractivity contribution in [2.24, 2.45) is 5.73 Å². The third kappa shape index (κ3) is 3.96. The first kappa shape index (κ1) is 0.576. The molecule has 0 aromatic rings. The summed E-state index contributed by atoms with van der Waals surface area (Å²) >= 11 is 0. The molecule has 6 heavy (non-hydrogen) atoms. The summed E-state index contributed by atoms with van der Waals surface area (Å²) in [4.78, 5) is 0. The summed E-state index contributed by atoms with van der Waals surface area (Å²) in [6, 6.07) is 0. The molecule has 0 bridgehead atoms. The summed E-state index contributed by atoms with van der Waals surface area (Å²) in [5.41, 5.74) is 4.81. The quantitative estimate of drug-likeness (QED) is 0.562. The van der Waals surface area contributed by atoms with Gasteiger partial charge in [0, 0.05) is 15.1 Å².